The van der Waals surface area contributed by atoms with Gasteiger partial charge >= 0.3 is 0 Å². The van der Waals surface area contributed by atoms with E-state index in [1.165, 1.54) is 0 Å². The van der Waals surface area contributed by atoms with Crippen molar-refractivity contribution < 1.29 is 19.1 Å². The molecule has 2 aliphatic rings. The molecule has 172 valence electrons. The Labute approximate surface area is 197 Å². The standard InChI is InChI=1S/C26H24N4O4/c31-24(28-23-11-10-19(17-27-23)29-12-14-34-15-13-29)22(16-18-6-2-1-3-7-18)30-25(32)20-8-4-5-9-21(20)26(30)33/h1-11,17,22H,12-16H2,(H,27,28,31). The second kappa shape index (κ2) is 9.44. The first kappa shape index (κ1) is 21.8. The summed E-state index contributed by atoms with van der Waals surface area (Å²) in [5.41, 5.74) is 2.41. The third-order valence-corrected chi connectivity index (χ3v) is 6.09. The molecule has 1 saturated heterocycles. The Kier molecular flexibility index (Phi) is 6.05. The van der Waals surface area contributed by atoms with Crippen LogP contribution in [0, 0.1) is 0 Å². The smallest absolute Gasteiger partial charge is 0.262 e. The van der Waals surface area contributed by atoms with Crippen LogP contribution in [0.4, 0.5) is 11.5 Å². The van der Waals surface area contributed by atoms with Crippen molar-refractivity contribution in [2.45, 2.75) is 12.5 Å². The van der Waals surface area contributed by atoms with E-state index in [0.29, 0.717) is 30.2 Å². The Bertz CT molecular complexity index is 1170. The number of carbonyl (C=O) groups excluding carboxylic acids is 3. The zero-order valence-corrected chi connectivity index (χ0v) is 18.5. The highest BCUT2D eigenvalue weighted by molar-refractivity contribution is 6.23. The van der Waals surface area contributed by atoms with E-state index in [1.54, 1.807) is 36.5 Å². The van der Waals surface area contributed by atoms with Crippen molar-refractivity contribution in [1.82, 2.24) is 9.88 Å². The molecule has 0 bridgehead atoms. The van der Waals surface area contributed by atoms with Gasteiger partial charge in [-0.1, -0.05) is 42.5 Å². The average Bonchev–Trinajstić information content (AvgIpc) is 3.14. The van der Waals surface area contributed by atoms with Gasteiger partial charge in [0.2, 0.25) is 5.91 Å². The molecule has 1 aromatic heterocycles. The molecule has 0 saturated carbocycles. The maximum Gasteiger partial charge on any atom is 0.262 e. The van der Waals surface area contributed by atoms with Crippen LogP contribution in [0.5, 0.6) is 0 Å². The zero-order valence-electron chi connectivity index (χ0n) is 18.5. The normalized spacial score (nSPS) is 16.4. The summed E-state index contributed by atoms with van der Waals surface area (Å²) < 4.78 is 5.38. The maximum atomic E-state index is 13.4. The summed E-state index contributed by atoms with van der Waals surface area (Å²) in [5.74, 6) is -1.04. The first-order chi connectivity index (χ1) is 16.6. The van der Waals surface area contributed by atoms with Gasteiger partial charge in [-0.25, -0.2) is 4.98 Å². The number of carbonyl (C=O) groups is 3. The molecule has 3 amide bonds. The fourth-order valence-electron chi connectivity index (χ4n) is 4.31. The summed E-state index contributed by atoms with van der Waals surface area (Å²) in [5, 5.41) is 2.80. The topological polar surface area (TPSA) is 91.8 Å². The number of benzene rings is 2. The molecule has 1 fully saturated rings. The molecule has 0 spiro atoms. The number of imide groups is 1. The lowest BCUT2D eigenvalue weighted by Crippen LogP contribution is -2.48. The number of amides is 3. The summed E-state index contributed by atoms with van der Waals surface area (Å²) in [6.07, 6.45) is 1.90. The average molecular weight is 457 g/mol. The van der Waals surface area contributed by atoms with Gasteiger partial charge in [-0.3, -0.25) is 19.3 Å². The molecule has 1 unspecified atom stereocenters. The molecule has 3 heterocycles. The van der Waals surface area contributed by atoms with E-state index in [-0.39, 0.29) is 6.42 Å². The Morgan fingerprint density at radius 3 is 2.18 bits per heavy atom. The van der Waals surface area contributed by atoms with Crippen molar-refractivity contribution in [3.63, 3.8) is 0 Å². The molecule has 5 rings (SSSR count). The van der Waals surface area contributed by atoms with Crippen molar-refractivity contribution in [3.05, 3.63) is 89.6 Å². The third-order valence-electron chi connectivity index (χ3n) is 6.09. The fourth-order valence-corrected chi connectivity index (χ4v) is 4.31. The molecule has 8 heteroatoms. The maximum absolute atomic E-state index is 13.4. The molecular formula is C26H24N4O4. The van der Waals surface area contributed by atoms with Crippen LogP contribution >= 0.6 is 0 Å². The molecule has 1 N–H and O–H groups in total. The lowest BCUT2D eigenvalue weighted by Gasteiger charge is -2.28. The summed E-state index contributed by atoms with van der Waals surface area (Å²) in [6, 6.07) is 18.6. The van der Waals surface area contributed by atoms with Crippen molar-refractivity contribution in [2.75, 3.05) is 36.5 Å². The van der Waals surface area contributed by atoms with Gasteiger partial charge in [-0.05, 0) is 29.8 Å². The second-order valence-electron chi connectivity index (χ2n) is 8.22. The lowest BCUT2D eigenvalue weighted by molar-refractivity contribution is -0.120. The SMILES string of the molecule is O=C(Nc1ccc(N2CCOCC2)cn1)C(Cc1ccccc1)N1C(=O)c2ccccc2C1=O. The molecule has 8 nitrogen and oxygen atoms in total. The number of nitrogens with one attached hydrogen (secondary N) is 1. The first-order valence-corrected chi connectivity index (χ1v) is 11.2. The Morgan fingerprint density at radius 1 is 0.912 bits per heavy atom. The lowest BCUT2D eigenvalue weighted by atomic mass is 10.0. The molecule has 1 atom stereocenters. The van der Waals surface area contributed by atoms with Crippen LogP contribution in [-0.4, -0.2) is 60.0 Å². The number of aromatic nitrogens is 1. The van der Waals surface area contributed by atoms with Crippen LogP contribution in [0.25, 0.3) is 0 Å². The van der Waals surface area contributed by atoms with Crippen molar-refractivity contribution in [2.24, 2.45) is 0 Å². The fraction of sp³-hybridized carbons (Fsp3) is 0.231. The first-order valence-electron chi connectivity index (χ1n) is 11.2. The predicted molar refractivity (Wildman–Crippen MR) is 127 cm³/mol. The van der Waals surface area contributed by atoms with Crippen molar-refractivity contribution in [1.29, 1.82) is 0 Å². The van der Waals surface area contributed by atoms with Gasteiger partial charge in [0.25, 0.3) is 11.8 Å². The van der Waals surface area contributed by atoms with E-state index in [4.69, 9.17) is 4.74 Å². The highest BCUT2D eigenvalue weighted by Gasteiger charge is 2.42. The van der Waals surface area contributed by atoms with Crippen molar-refractivity contribution >= 4 is 29.2 Å². The Morgan fingerprint density at radius 2 is 1.56 bits per heavy atom. The summed E-state index contributed by atoms with van der Waals surface area (Å²) in [4.78, 5) is 47.2. The molecule has 0 radical (unpaired) electrons. The van der Waals surface area contributed by atoms with Crippen LogP contribution in [-0.2, 0) is 16.0 Å². The van der Waals surface area contributed by atoms with Crippen molar-refractivity contribution in [3.8, 4) is 0 Å². The minimum Gasteiger partial charge on any atom is -0.378 e. The largest absolute Gasteiger partial charge is 0.378 e. The number of pyridine rings is 1. The zero-order chi connectivity index (χ0) is 23.5. The summed E-state index contributed by atoms with van der Waals surface area (Å²) in [7, 11) is 0. The quantitative estimate of drug-likeness (QED) is 0.574. The van der Waals surface area contributed by atoms with Crippen LogP contribution in [0.15, 0.2) is 72.9 Å². The monoisotopic (exact) mass is 456 g/mol. The highest BCUT2D eigenvalue weighted by Crippen LogP contribution is 2.27. The molecular weight excluding hydrogens is 432 g/mol. The molecule has 3 aromatic rings. The number of nitrogens with zero attached hydrogens (tertiary/aromatic N) is 3. The highest BCUT2D eigenvalue weighted by atomic mass is 16.5. The minimum absolute atomic E-state index is 0.198. The number of anilines is 2. The van der Waals surface area contributed by atoms with Gasteiger partial charge in [0.05, 0.1) is 36.2 Å². The van der Waals surface area contributed by atoms with Gasteiger partial charge in [0.15, 0.2) is 0 Å². The van der Waals surface area contributed by atoms with Gasteiger partial charge < -0.3 is 15.0 Å². The Hall–Kier alpha value is -4.04. The Balaban J connectivity index is 1.39. The number of ether oxygens (including phenoxy) is 1. The number of fused-ring (bicyclic) bond motifs is 1. The number of hydrogen-bond acceptors (Lipinski definition) is 6. The van der Waals surface area contributed by atoms with Crippen LogP contribution in [0.3, 0.4) is 0 Å². The number of rotatable bonds is 6. The van der Waals surface area contributed by atoms with Gasteiger partial charge in [-0.15, -0.1) is 0 Å². The molecule has 2 aromatic carbocycles. The van der Waals surface area contributed by atoms with Gasteiger partial charge in [0, 0.05) is 19.5 Å². The molecule has 34 heavy (non-hydrogen) atoms. The molecule has 2 aliphatic heterocycles. The van der Waals surface area contributed by atoms with Crippen LogP contribution in [0.2, 0.25) is 0 Å². The van der Waals surface area contributed by atoms with E-state index >= 15 is 0 Å². The van der Waals surface area contributed by atoms with Crippen LogP contribution < -0.4 is 10.2 Å². The summed E-state index contributed by atoms with van der Waals surface area (Å²) in [6.45, 7) is 2.90. The third kappa shape index (κ3) is 4.27. The van der Waals surface area contributed by atoms with E-state index < -0.39 is 23.8 Å². The summed E-state index contributed by atoms with van der Waals surface area (Å²) >= 11 is 0. The minimum atomic E-state index is -1.02. The van der Waals surface area contributed by atoms with Crippen LogP contribution in [0.1, 0.15) is 26.3 Å². The van der Waals surface area contributed by atoms with Gasteiger partial charge in [-0.2, -0.15) is 0 Å². The van der Waals surface area contributed by atoms with E-state index in [1.807, 2.05) is 36.4 Å². The predicted octanol–water partition coefficient (Wildman–Crippen LogP) is 2.76. The second-order valence-corrected chi connectivity index (χ2v) is 8.22. The van der Waals surface area contributed by atoms with E-state index in [0.717, 1.165) is 29.2 Å². The number of morpholine rings is 1. The van der Waals surface area contributed by atoms with Gasteiger partial charge in [0.1, 0.15) is 11.9 Å². The van der Waals surface area contributed by atoms with E-state index in [2.05, 4.69) is 15.2 Å². The van der Waals surface area contributed by atoms with E-state index in [9.17, 15) is 14.4 Å². The number of hydrogen-bond donors (Lipinski definition) is 1. The molecule has 0 aliphatic carbocycles.